The van der Waals surface area contributed by atoms with Crippen LogP contribution < -0.4 is 19.7 Å². The van der Waals surface area contributed by atoms with Crippen molar-refractivity contribution in [2.45, 2.75) is 23.8 Å². The van der Waals surface area contributed by atoms with Gasteiger partial charge in [-0.05, 0) is 37.1 Å². The second-order valence-corrected chi connectivity index (χ2v) is 11.0. The van der Waals surface area contributed by atoms with E-state index in [0.29, 0.717) is 37.4 Å². The van der Waals surface area contributed by atoms with Crippen molar-refractivity contribution in [3.05, 3.63) is 48.0 Å². The summed E-state index contributed by atoms with van der Waals surface area (Å²) < 4.78 is 34.5. The lowest BCUT2D eigenvalue weighted by atomic mass is 10.0. The minimum Gasteiger partial charge on any atom is -0.476 e. The number of sulfone groups is 1. The van der Waals surface area contributed by atoms with Gasteiger partial charge in [0.05, 0.1) is 15.6 Å². The van der Waals surface area contributed by atoms with Gasteiger partial charge < -0.3 is 19.7 Å². The average Bonchev–Trinajstić information content (AvgIpc) is 2.90. The van der Waals surface area contributed by atoms with Gasteiger partial charge in [-0.25, -0.2) is 33.1 Å². The first-order valence-corrected chi connectivity index (χ1v) is 13.8. The zero-order valence-electron chi connectivity index (χ0n) is 20.1. The fourth-order valence-electron chi connectivity index (χ4n) is 4.20. The van der Waals surface area contributed by atoms with Crippen LogP contribution in [0.15, 0.2) is 47.9 Å². The molecule has 38 heavy (non-hydrogen) atoms. The molecule has 1 fully saturated rings. The first-order valence-electron chi connectivity index (χ1n) is 11.5. The predicted octanol–water partition coefficient (Wildman–Crippen LogP) is 2.46. The maximum atomic E-state index is 12.9. The SMILES string of the molecule is CS(=O)(=O)c1ccc(Nc2ncnc3c2OCC(=O)N3C2CCN(C(=O)Oc3ncccn3)CC2)c(Cl)c1. The van der Waals surface area contributed by atoms with Gasteiger partial charge >= 0.3 is 12.1 Å². The normalized spacial score (nSPS) is 16.0. The van der Waals surface area contributed by atoms with Crippen molar-refractivity contribution in [3.63, 3.8) is 0 Å². The summed E-state index contributed by atoms with van der Waals surface area (Å²) in [6, 6.07) is 5.65. The number of rotatable bonds is 5. The molecule has 198 valence electrons. The quantitative estimate of drug-likeness (QED) is 0.489. The largest absolute Gasteiger partial charge is 0.476 e. The highest BCUT2D eigenvalue weighted by atomic mass is 35.5. The lowest BCUT2D eigenvalue weighted by Crippen LogP contribution is -2.52. The molecule has 2 amide bonds. The minimum absolute atomic E-state index is 0.0281. The molecule has 2 aliphatic heterocycles. The van der Waals surface area contributed by atoms with Crippen LogP contribution in [-0.4, -0.2) is 77.2 Å². The number of likely N-dealkylation sites (tertiary alicyclic amines) is 1. The fraction of sp³-hybridized carbons (Fsp3) is 0.304. The summed E-state index contributed by atoms with van der Waals surface area (Å²) in [6.45, 7) is 0.493. The van der Waals surface area contributed by atoms with Crippen LogP contribution in [0.25, 0.3) is 0 Å². The van der Waals surface area contributed by atoms with Gasteiger partial charge in [-0.2, -0.15) is 0 Å². The van der Waals surface area contributed by atoms with Gasteiger partial charge in [-0.15, -0.1) is 0 Å². The van der Waals surface area contributed by atoms with E-state index in [0.717, 1.165) is 6.26 Å². The van der Waals surface area contributed by atoms with E-state index < -0.39 is 15.9 Å². The van der Waals surface area contributed by atoms with E-state index in [-0.39, 0.29) is 46.1 Å². The maximum Gasteiger partial charge on any atom is 0.417 e. The fourth-order valence-corrected chi connectivity index (χ4v) is 5.14. The number of benzene rings is 1. The number of carbonyl (C=O) groups excluding carboxylic acids is 2. The Kier molecular flexibility index (Phi) is 6.99. The Hall–Kier alpha value is -4.04. The highest BCUT2D eigenvalue weighted by Crippen LogP contribution is 2.40. The number of hydrogen-bond donors (Lipinski definition) is 1. The number of carbonyl (C=O) groups is 2. The Morgan fingerprint density at radius 1 is 1.16 bits per heavy atom. The minimum atomic E-state index is -3.43. The Morgan fingerprint density at radius 3 is 2.58 bits per heavy atom. The summed E-state index contributed by atoms with van der Waals surface area (Å²) in [5.41, 5.74) is 0.404. The van der Waals surface area contributed by atoms with Gasteiger partial charge in [0, 0.05) is 37.8 Å². The summed E-state index contributed by atoms with van der Waals surface area (Å²) in [7, 11) is -3.43. The number of ether oxygens (including phenoxy) is 2. The molecule has 15 heteroatoms. The lowest BCUT2D eigenvalue weighted by molar-refractivity contribution is -0.122. The summed E-state index contributed by atoms with van der Waals surface area (Å²) >= 11 is 6.31. The molecule has 0 unspecified atom stereocenters. The van der Waals surface area contributed by atoms with Crippen molar-refractivity contribution < 1.29 is 27.5 Å². The molecule has 1 aromatic carbocycles. The number of aromatic nitrogens is 4. The summed E-state index contributed by atoms with van der Waals surface area (Å²) in [4.78, 5) is 44.9. The van der Waals surface area contributed by atoms with Gasteiger partial charge in [-0.1, -0.05) is 11.6 Å². The van der Waals surface area contributed by atoms with E-state index >= 15 is 0 Å². The summed E-state index contributed by atoms with van der Waals surface area (Å²) in [5, 5.41) is 3.21. The molecule has 2 aliphatic rings. The third-order valence-electron chi connectivity index (χ3n) is 6.05. The van der Waals surface area contributed by atoms with Crippen molar-refractivity contribution in [3.8, 4) is 11.8 Å². The van der Waals surface area contributed by atoms with Crippen LogP contribution in [0.4, 0.5) is 22.1 Å². The summed E-state index contributed by atoms with van der Waals surface area (Å²) in [6.07, 6.45) is 5.76. The van der Waals surface area contributed by atoms with Crippen LogP contribution >= 0.6 is 11.6 Å². The summed E-state index contributed by atoms with van der Waals surface area (Å²) in [5.74, 6) is 0.557. The van der Waals surface area contributed by atoms with E-state index in [1.165, 1.54) is 41.8 Å². The third kappa shape index (κ3) is 5.31. The number of amides is 2. The molecule has 2 aromatic heterocycles. The third-order valence-corrected chi connectivity index (χ3v) is 7.48. The number of anilines is 3. The zero-order valence-corrected chi connectivity index (χ0v) is 21.6. The Balaban J connectivity index is 1.32. The lowest BCUT2D eigenvalue weighted by Gasteiger charge is -2.39. The highest BCUT2D eigenvalue weighted by Gasteiger charge is 2.37. The molecule has 13 nitrogen and oxygen atoms in total. The van der Waals surface area contributed by atoms with Gasteiger partial charge in [0.25, 0.3) is 5.91 Å². The molecule has 1 N–H and O–H groups in total. The van der Waals surface area contributed by atoms with Gasteiger partial charge in [0.1, 0.15) is 6.33 Å². The number of hydrogen-bond acceptors (Lipinski definition) is 11. The number of fused-ring (bicyclic) bond motifs is 1. The molecule has 0 spiro atoms. The Morgan fingerprint density at radius 2 is 1.89 bits per heavy atom. The Labute approximate surface area is 222 Å². The topological polar surface area (TPSA) is 157 Å². The molecule has 0 aliphatic carbocycles. The standard InChI is InChI=1S/C23H22ClN7O6S/c1-38(34,35)15-3-4-17(16(24)11-15)29-20-19-21(28-13-27-20)31(18(32)12-36-19)14-5-9-30(10-6-14)23(33)37-22-25-7-2-8-26-22/h2-4,7-8,11,13-14H,5-6,9-10,12H2,1H3,(H,27,28,29). The van der Waals surface area contributed by atoms with E-state index in [1.807, 2.05) is 0 Å². The van der Waals surface area contributed by atoms with Gasteiger partial charge in [0.15, 0.2) is 28.1 Å². The van der Waals surface area contributed by atoms with Crippen LogP contribution in [0.5, 0.6) is 11.8 Å². The molecule has 3 aromatic rings. The molecule has 0 atom stereocenters. The molecule has 0 saturated carbocycles. The molecule has 4 heterocycles. The van der Waals surface area contributed by atoms with Crippen molar-refractivity contribution in [1.29, 1.82) is 0 Å². The molecule has 0 radical (unpaired) electrons. The molecule has 5 rings (SSSR count). The first-order chi connectivity index (χ1) is 18.2. The molecular weight excluding hydrogens is 538 g/mol. The van der Waals surface area contributed by atoms with Gasteiger partial charge in [0.2, 0.25) is 5.75 Å². The van der Waals surface area contributed by atoms with Crippen molar-refractivity contribution in [2.24, 2.45) is 0 Å². The average molecular weight is 560 g/mol. The van der Waals surface area contributed by atoms with Crippen LogP contribution in [0.3, 0.4) is 0 Å². The second-order valence-electron chi connectivity index (χ2n) is 8.58. The zero-order chi connectivity index (χ0) is 26.9. The Bertz CT molecular complexity index is 1480. The van der Waals surface area contributed by atoms with Crippen LogP contribution in [0.1, 0.15) is 12.8 Å². The van der Waals surface area contributed by atoms with E-state index in [9.17, 15) is 18.0 Å². The van der Waals surface area contributed by atoms with Crippen molar-refractivity contribution in [1.82, 2.24) is 24.8 Å². The first kappa shape index (κ1) is 25.6. The van der Waals surface area contributed by atoms with E-state index in [4.69, 9.17) is 21.1 Å². The molecule has 0 bridgehead atoms. The number of piperidine rings is 1. The van der Waals surface area contributed by atoms with E-state index in [2.05, 4.69) is 25.3 Å². The molecule has 1 saturated heterocycles. The second kappa shape index (κ2) is 10.4. The van der Waals surface area contributed by atoms with Crippen molar-refractivity contribution >= 4 is 50.8 Å². The number of nitrogens with one attached hydrogen (secondary N) is 1. The van der Waals surface area contributed by atoms with E-state index in [1.54, 1.807) is 11.0 Å². The highest BCUT2D eigenvalue weighted by molar-refractivity contribution is 7.90. The monoisotopic (exact) mass is 559 g/mol. The number of nitrogens with zero attached hydrogens (tertiary/aromatic N) is 6. The van der Waals surface area contributed by atoms with Gasteiger partial charge in [-0.3, -0.25) is 9.69 Å². The maximum absolute atomic E-state index is 12.9. The van der Waals surface area contributed by atoms with Crippen LogP contribution in [0, 0.1) is 0 Å². The smallest absolute Gasteiger partial charge is 0.417 e. The van der Waals surface area contributed by atoms with Crippen molar-refractivity contribution in [2.75, 3.05) is 36.2 Å². The predicted molar refractivity (Wildman–Crippen MR) is 136 cm³/mol. The number of halogens is 1. The van der Waals surface area contributed by atoms with Crippen LogP contribution in [-0.2, 0) is 14.6 Å². The van der Waals surface area contributed by atoms with Crippen LogP contribution in [0.2, 0.25) is 5.02 Å². The molecular formula is C23H22ClN7O6S.